The summed E-state index contributed by atoms with van der Waals surface area (Å²) in [5.41, 5.74) is 0.497. The number of carbonyl (C=O) groups excluding carboxylic acids is 4. The van der Waals surface area contributed by atoms with E-state index < -0.39 is 35.5 Å². The summed E-state index contributed by atoms with van der Waals surface area (Å²) in [5.74, 6) is -2.32. The molecule has 2 aromatic carbocycles. The zero-order valence-corrected chi connectivity index (χ0v) is 18.7. The lowest BCUT2D eigenvalue weighted by atomic mass is 10.1. The average Bonchev–Trinajstić information content (AvgIpc) is 2.98. The molecule has 9 heteroatoms. The van der Waals surface area contributed by atoms with Crippen LogP contribution < -0.4 is 5.32 Å². The maximum absolute atomic E-state index is 12.5. The van der Waals surface area contributed by atoms with Crippen LogP contribution in [0.1, 0.15) is 53.5 Å². The molecule has 1 aliphatic rings. The first-order valence-corrected chi connectivity index (χ1v) is 10.4. The molecule has 0 fully saturated rings. The van der Waals surface area contributed by atoms with Crippen molar-refractivity contribution >= 4 is 23.9 Å². The number of benzene rings is 2. The molecule has 0 saturated carbocycles. The number of fused-ring (bicyclic) bond motifs is 1. The van der Waals surface area contributed by atoms with E-state index in [0.29, 0.717) is 5.06 Å². The maximum Gasteiger partial charge on any atom is 0.407 e. The fourth-order valence-electron chi connectivity index (χ4n) is 3.11. The Labute approximate surface area is 191 Å². The molecule has 0 spiro atoms. The second-order valence-corrected chi connectivity index (χ2v) is 8.46. The summed E-state index contributed by atoms with van der Waals surface area (Å²) in [4.78, 5) is 54.6. The van der Waals surface area contributed by atoms with E-state index in [-0.39, 0.29) is 30.8 Å². The summed E-state index contributed by atoms with van der Waals surface area (Å²) in [6, 6.07) is 14.8. The predicted octanol–water partition coefficient (Wildman–Crippen LogP) is 3.24. The highest BCUT2D eigenvalue weighted by Crippen LogP contribution is 2.23. The summed E-state index contributed by atoms with van der Waals surface area (Å²) in [6.07, 6.45) is -1.08. The Morgan fingerprint density at radius 3 is 2.09 bits per heavy atom. The van der Waals surface area contributed by atoms with Gasteiger partial charge in [-0.3, -0.25) is 9.59 Å². The molecule has 9 nitrogen and oxygen atoms in total. The molecular formula is C24H26N2O7. The number of amides is 3. The number of imide groups is 1. The molecule has 1 N–H and O–H groups in total. The van der Waals surface area contributed by atoms with E-state index in [1.54, 1.807) is 32.9 Å². The minimum atomic E-state index is -0.881. The Kier molecular flexibility index (Phi) is 7.44. The zero-order chi connectivity index (χ0) is 24.0. The monoisotopic (exact) mass is 454 g/mol. The van der Waals surface area contributed by atoms with Gasteiger partial charge in [0.15, 0.2) is 0 Å². The van der Waals surface area contributed by atoms with Gasteiger partial charge >= 0.3 is 12.1 Å². The maximum atomic E-state index is 12.5. The fourth-order valence-corrected chi connectivity index (χ4v) is 3.11. The summed E-state index contributed by atoms with van der Waals surface area (Å²) in [6.45, 7) is 5.38. The van der Waals surface area contributed by atoms with Crippen molar-refractivity contribution < 1.29 is 33.5 Å². The number of hydrogen-bond acceptors (Lipinski definition) is 7. The standard InChI is InChI=1S/C24H26N2O7/c1-24(2,3)32-23(30)25-17(15-31-14-16-9-5-4-6-10-16)13-20(27)33-26-21(28)18-11-7-8-12-19(18)22(26)29/h4-12,17H,13-15H2,1-3H3,(H,25,30)/t17-/m0/s1. The van der Waals surface area contributed by atoms with Crippen LogP contribution in [-0.2, 0) is 25.7 Å². The Bertz CT molecular complexity index is 996. The van der Waals surface area contributed by atoms with Gasteiger partial charge in [0, 0.05) is 0 Å². The third kappa shape index (κ3) is 6.63. The van der Waals surface area contributed by atoms with Gasteiger partial charge in [0.05, 0.1) is 36.8 Å². The number of hydroxylamine groups is 2. The number of nitrogens with zero attached hydrogens (tertiary/aromatic N) is 1. The number of carbonyl (C=O) groups is 4. The van der Waals surface area contributed by atoms with E-state index in [1.165, 1.54) is 12.1 Å². The Morgan fingerprint density at radius 2 is 1.52 bits per heavy atom. The average molecular weight is 454 g/mol. The van der Waals surface area contributed by atoms with Gasteiger partial charge in [-0.2, -0.15) is 0 Å². The second kappa shape index (κ2) is 10.3. The number of ether oxygens (including phenoxy) is 2. The fraction of sp³-hybridized carbons (Fsp3) is 0.333. The third-order valence-corrected chi connectivity index (χ3v) is 4.51. The Balaban J connectivity index is 1.61. The largest absolute Gasteiger partial charge is 0.444 e. The highest BCUT2D eigenvalue weighted by molar-refractivity contribution is 6.20. The lowest BCUT2D eigenvalue weighted by Crippen LogP contribution is -2.43. The van der Waals surface area contributed by atoms with Crippen LogP contribution in [0.5, 0.6) is 0 Å². The molecule has 0 aromatic heterocycles. The number of hydrogen-bond donors (Lipinski definition) is 1. The molecule has 0 saturated heterocycles. The van der Waals surface area contributed by atoms with Crippen molar-refractivity contribution in [2.24, 2.45) is 0 Å². The first kappa shape index (κ1) is 23.9. The molecule has 0 unspecified atom stereocenters. The molecule has 3 rings (SSSR count). The smallest absolute Gasteiger partial charge is 0.407 e. The van der Waals surface area contributed by atoms with Gasteiger partial charge in [-0.05, 0) is 38.5 Å². The van der Waals surface area contributed by atoms with Crippen LogP contribution in [0.15, 0.2) is 54.6 Å². The third-order valence-electron chi connectivity index (χ3n) is 4.51. The highest BCUT2D eigenvalue weighted by Gasteiger charge is 2.39. The van der Waals surface area contributed by atoms with Gasteiger partial charge in [0.2, 0.25) is 0 Å². The minimum Gasteiger partial charge on any atom is -0.444 e. The number of rotatable bonds is 8. The van der Waals surface area contributed by atoms with Crippen molar-refractivity contribution in [1.82, 2.24) is 10.4 Å². The predicted molar refractivity (Wildman–Crippen MR) is 117 cm³/mol. The van der Waals surface area contributed by atoms with Crippen molar-refractivity contribution in [3.63, 3.8) is 0 Å². The minimum absolute atomic E-state index is 0.0225. The van der Waals surface area contributed by atoms with Crippen LogP contribution in [-0.4, -0.2) is 47.2 Å². The molecule has 0 radical (unpaired) electrons. The zero-order valence-electron chi connectivity index (χ0n) is 18.7. The molecule has 1 atom stereocenters. The topological polar surface area (TPSA) is 111 Å². The van der Waals surface area contributed by atoms with E-state index in [2.05, 4.69) is 5.32 Å². The van der Waals surface area contributed by atoms with Gasteiger partial charge < -0.3 is 19.6 Å². The van der Waals surface area contributed by atoms with Crippen molar-refractivity contribution in [2.45, 2.75) is 45.4 Å². The summed E-state index contributed by atoms with van der Waals surface area (Å²) < 4.78 is 10.9. The van der Waals surface area contributed by atoms with Crippen LogP contribution in [0.2, 0.25) is 0 Å². The molecule has 0 bridgehead atoms. The van der Waals surface area contributed by atoms with Crippen molar-refractivity contribution in [2.75, 3.05) is 6.61 Å². The van der Waals surface area contributed by atoms with Crippen LogP contribution in [0.4, 0.5) is 4.79 Å². The quantitative estimate of drug-likeness (QED) is 0.610. The van der Waals surface area contributed by atoms with E-state index in [1.807, 2.05) is 30.3 Å². The molecule has 33 heavy (non-hydrogen) atoms. The van der Waals surface area contributed by atoms with Crippen molar-refractivity contribution in [1.29, 1.82) is 0 Å². The number of alkyl carbamates (subject to hydrolysis) is 1. The van der Waals surface area contributed by atoms with Gasteiger partial charge in [-0.1, -0.05) is 47.5 Å². The molecule has 1 aliphatic heterocycles. The SMILES string of the molecule is CC(C)(C)OC(=O)N[C@H](COCc1ccccc1)CC(=O)ON1C(=O)c2ccccc2C1=O. The molecular weight excluding hydrogens is 428 g/mol. The van der Waals surface area contributed by atoms with Crippen LogP contribution in [0.25, 0.3) is 0 Å². The van der Waals surface area contributed by atoms with Gasteiger partial charge in [-0.15, -0.1) is 0 Å². The first-order valence-electron chi connectivity index (χ1n) is 10.4. The van der Waals surface area contributed by atoms with E-state index in [0.717, 1.165) is 5.56 Å². The van der Waals surface area contributed by atoms with Crippen molar-refractivity contribution in [3.05, 3.63) is 71.3 Å². The van der Waals surface area contributed by atoms with Gasteiger partial charge in [-0.25, -0.2) is 9.59 Å². The normalized spacial score (nSPS) is 14.0. The molecule has 174 valence electrons. The molecule has 3 amide bonds. The lowest BCUT2D eigenvalue weighted by molar-refractivity contribution is -0.169. The lowest BCUT2D eigenvalue weighted by Gasteiger charge is -2.23. The number of nitrogens with one attached hydrogen (secondary N) is 1. The summed E-state index contributed by atoms with van der Waals surface area (Å²) in [5, 5.41) is 3.01. The van der Waals surface area contributed by atoms with Crippen LogP contribution in [0, 0.1) is 0 Å². The van der Waals surface area contributed by atoms with E-state index in [4.69, 9.17) is 14.3 Å². The van der Waals surface area contributed by atoms with Crippen LogP contribution >= 0.6 is 0 Å². The summed E-state index contributed by atoms with van der Waals surface area (Å²) in [7, 11) is 0. The second-order valence-electron chi connectivity index (χ2n) is 8.46. The van der Waals surface area contributed by atoms with Crippen LogP contribution in [0.3, 0.4) is 0 Å². The molecule has 0 aliphatic carbocycles. The van der Waals surface area contributed by atoms with Gasteiger partial charge in [0.1, 0.15) is 5.60 Å². The molecule has 1 heterocycles. The Morgan fingerprint density at radius 1 is 0.939 bits per heavy atom. The van der Waals surface area contributed by atoms with Crippen molar-refractivity contribution in [3.8, 4) is 0 Å². The highest BCUT2D eigenvalue weighted by atomic mass is 16.7. The Hall–Kier alpha value is -3.72. The molecule has 2 aromatic rings. The first-order chi connectivity index (χ1) is 15.6. The van der Waals surface area contributed by atoms with E-state index >= 15 is 0 Å². The summed E-state index contributed by atoms with van der Waals surface area (Å²) >= 11 is 0. The van der Waals surface area contributed by atoms with Gasteiger partial charge in [0.25, 0.3) is 11.8 Å². The van der Waals surface area contributed by atoms with E-state index in [9.17, 15) is 19.2 Å².